The number of hydrogen-bond acceptors (Lipinski definition) is 6. The molecule has 7 nitrogen and oxygen atoms in total. The van der Waals surface area contributed by atoms with Crippen molar-refractivity contribution in [3.63, 3.8) is 0 Å². The van der Waals surface area contributed by atoms with Crippen LogP contribution in [0.2, 0.25) is 5.02 Å². The lowest BCUT2D eigenvalue weighted by Crippen LogP contribution is -2.16. The van der Waals surface area contributed by atoms with Gasteiger partial charge in [0.1, 0.15) is 30.2 Å². The summed E-state index contributed by atoms with van der Waals surface area (Å²) in [6.07, 6.45) is 3.30. The zero-order valence-corrected chi connectivity index (χ0v) is 21.3. The van der Waals surface area contributed by atoms with Gasteiger partial charge in [-0.05, 0) is 45.9 Å². The van der Waals surface area contributed by atoms with Gasteiger partial charge in [-0.25, -0.2) is 4.98 Å². The predicted molar refractivity (Wildman–Crippen MR) is 139 cm³/mol. The molecule has 0 radical (unpaired) electrons. The first-order valence-corrected chi connectivity index (χ1v) is 11.7. The van der Waals surface area contributed by atoms with Crippen LogP contribution >= 0.6 is 23.2 Å². The number of aromatic nitrogens is 3. The van der Waals surface area contributed by atoms with Crippen LogP contribution in [0.1, 0.15) is 42.1 Å². The lowest BCUT2D eigenvalue weighted by Gasteiger charge is -2.15. The quantitative estimate of drug-likeness (QED) is 0.272. The normalized spacial score (nSPS) is 12.4. The Bertz CT molecular complexity index is 1520. The topological polar surface area (TPSA) is 82.5 Å². The maximum Gasteiger partial charge on any atom is 0.283 e. The van der Waals surface area contributed by atoms with Gasteiger partial charge in [0.25, 0.3) is 5.56 Å². The summed E-state index contributed by atoms with van der Waals surface area (Å²) in [7, 11) is 0. The summed E-state index contributed by atoms with van der Waals surface area (Å²) in [4.78, 5) is 25.7. The molecule has 0 N–H and O–H groups in total. The van der Waals surface area contributed by atoms with Gasteiger partial charge in [-0.15, -0.1) is 0 Å². The zero-order valence-electron chi connectivity index (χ0n) is 19.8. The number of para-hydroxylation sites is 1. The van der Waals surface area contributed by atoms with Gasteiger partial charge in [0, 0.05) is 45.7 Å². The molecule has 0 bridgehead atoms. The zero-order chi connectivity index (χ0) is 25.1. The highest BCUT2D eigenvalue weighted by atomic mass is 35.5. The Hall–Kier alpha value is -3.42. The Morgan fingerprint density at radius 1 is 1.26 bits per heavy atom. The molecule has 0 aliphatic heterocycles. The van der Waals surface area contributed by atoms with Crippen molar-refractivity contribution in [1.29, 1.82) is 0 Å². The van der Waals surface area contributed by atoms with E-state index in [2.05, 4.69) is 9.98 Å². The van der Waals surface area contributed by atoms with Gasteiger partial charge in [0.05, 0.1) is 16.4 Å². The van der Waals surface area contributed by atoms with Gasteiger partial charge >= 0.3 is 0 Å². The minimum absolute atomic E-state index is 0.130. The Labute approximate surface area is 212 Å². The highest BCUT2D eigenvalue weighted by Gasteiger charge is 2.16. The van der Waals surface area contributed by atoms with Crippen molar-refractivity contribution >= 4 is 46.0 Å². The van der Waals surface area contributed by atoms with Crippen molar-refractivity contribution in [3.05, 3.63) is 91.3 Å². The molecular formula is C26H24Cl2N4O3. The van der Waals surface area contributed by atoms with E-state index in [1.807, 2.05) is 45.0 Å². The summed E-state index contributed by atoms with van der Waals surface area (Å²) >= 11 is 12.9. The van der Waals surface area contributed by atoms with Crippen molar-refractivity contribution in [1.82, 2.24) is 14.7 Å². The molecule has 35 heavy (non-hydrogen) atoms. The van der Waals surface area contributed by atoms with Crippen molar-refractivity contribution in [2.24, 2.45) is 4.99 Å². The van der Waals surface area contributed by atoms with Crippen LogP contribution in [-0.4, -0.2) is 20.9 Å². The monoisotopic (exact) mass is 510 g/mol. The van der Waals surface area contributed by atoms with Gasteiger partial charge in [-0.3, -0.25) is 14.8 Å². The van der Waals surface area contributed by atoms with E-state index in [9.17, 15) is 4.79 Å². The van der Waals surface area contributed by atoms with E-state index >= 15 is 0 Å². The van der Waals surface area contributed by atoms with Gasteiger partial charge in [-0.1, -0.05) is 35.3 Å². The Morgan fingerprint density at radius 2 is 2.06 bits per heavy atom. The highest BCUT2D eigenvalue weighted by Crippen LogP contribution is 2.34. The summed E-state index contributed by atoms with van der Waals surface area (Å²) in [6, 6.07) is 10.8. The number of nitrogens with zero attached hydrogens (tertiary/aromatic N) is 4. The van der Waals surface area contributed by atoms with Crippen molar-refractivity contribution in [2.45, 2.75) is 40.8 Å². The number of allylic oxidation sites excluding steroid dienone is 1. The number of pyridine rings is 2. The van der Waals surface area contributed by atoms with Crippen molar-refractivity contribution in [3.8, 4) is 5.75 Å². The number of aliphatic imine (C=N–C) groups is 1. The van der Waals surface area contributed by atoms with E-state index < -0.39 is 0 Å². The van der Waals surface area contributed by atoms with Gasteiger partial charge < -0.3 is 9.26 Å². The molecule has 0 aliphatic carbocycles. The van der Waals surface area contributed by atoms with Gasteiger partial charge in [0.15, 0.2) is 0 Å². The van der Waals surface area contributed by atoms with Crippen LogP contribution in [-0.2, 0) is 13.2 Å². The van der Waals surface area contributed by atoms with E-state index in [1.165, 1.54) is 10.8 Å². The van der Waals surface area contributed by atoms with E-state index in [-0.39, 0.29) is 18.7 Å². The van der Waals surface area contributed by atoms with E-state index in [4.69, 9.17) is 37.4 Å². The van der Waals surface area contributed by atoms with E-state index in [1.54, 1.807) is 25.4 Å². The molecule has 0 fully saturated rings. The molecule has 0 saturated carbocycles. The second-order valence-electron chi connectivity index (χ2n) is 7.96. The molecule has 0 amide bonds. The second-order valence-corrected chi connectivity index (χ2v) is 8.93. The molecule has 3 heterocycles. The molecule has 0 saturated heterocycles. The largest absolute Gasteiger partial charge is 0.486 e. The first kappa shape index (κ1) is 24.7. The van der Waals surface area contributed by atoms with E-state index in [0.29, 0.717) is 44.0 Å². The molecule has 180 valence electrons. The molecule has 9 heteroatoms. The molecule has 3 aromatic heterocycles. The third-order valence-corrected chi connectivity index (χ3v) is 5.88. The first-order chi connectivity index (χ1) is 16.8. The van der Waals surface area contributed by atoms with Crippen molar-refractivity contribution in [2.75, 3.05) is 0 Å². The van der Waals surface area contributed by atoms with E-state index in [0.717, 1.165) is 16.6 Å². The summed E-state index contributed by atoms with van der Waals surface area (Å²) < 4.78 is 12.9. The number of aryl methyl sites for hydroxylation is 2. The molecule has 0 unspecified atom stereocenters. The lowest BCUT2D eigenvalue weighted by atomic mass is 10.0. The molecule has 0 aliphatic rings. The van der Waals surface area contributed by atoms with Crippen LogP contribution in [0.4, 0.5) is 0 Å². The number of halogens is 2. The average molecular weight is 511 g/mol. The van der Waals surface area contributed by atoms with Crippen LogP contribution in [0, 0.1) is 13.8 Å². The molecule has 0 spiro atoms. The summed E-state index contributed by atoms with van der Waals surface area (Å²) in [5, 5.41) is 1.93. The van der Waals surface area contributed by atoms with Crippen LogP contribution in [0.5, 0.6) is 5.75 Å². The standard InChI is InChI=1S/C26H24Cl2N4O3/c1-5-29-25(17(4)27)19-11-15(2)31-26-18(19)7-6-8-23(26)34-14-20-21(28)9-10-30-22(20)13-32-24(33)12-16(3)35-32/h5-12H,13-14H2,1-4H3/b25-17+,29-5?. The number of rotatable bonds is 7. The fourth-order valence-corrected chi connectivity index (χ4v) is 4.19. The fourth-order valence-electron chi connectivity index (χ4n) is 3.82. The molecule has 1 aromatic carbocycles. The highest BCUT2D eigenvalue weighted by molar-refractivity contribution is 6.32. The smallest absolute Gasteiger partial charge is 0.283 e. The SMILES string of the molecule is CC=N/C(=C(\C)Cl)c1cc(C)nc2c(OCc3c(Cl)ccnc3Cn3oc(C)cc3=O)cccc12. The van der Waals surface area contributed by atoms with Crippen LogP contribution in [0.15, 0.2) is 61.9 Å². The Kier molecular flexibility index (Phi) is 7.38. The van der Waals surface area contributed by atoms with Gasteiger partial charge in [0.2, 0.25) is 0 Å². The lowest BCUT2D eigenvalue weighted by molar-refractivity contribution is 0.258. The number of ether oxygens (including phenoxy) is 1. The molecule has 4 rings (SSSR count). The molecule has 4 aromatic rings. The first-order valence-electron chi connectivity index (χ1n) is 11.0. The molecular weight excluding hydrogens is 487 g/mol. The Balaban J connectivity index is 1.73. The fraction of sp³-hybridized carbons (Fsp3) is 0.231. The maximum atomic E-state index is 12.1. The van der Waals surface area contributed by atoms with Crippen LogP contribution < -0.4 is 10.3 Å². The van der Waals surface area contributed by atoms with Crippen LogP contribution in [0.25, 0.3) is 16.6 Å². The summed E-state index contributed by atoms with van der Waals surface area (Å²) in [5.74, 6) is 1.10. The van der Waals surface area contributed by atoms with Crippen LogP contribution in [0.3, 0.4) is 0 Å². The predicted octanol–water partition coefficient (Wildman–Crippen LogP) is 6.30. The minimum atomic E-state index is -0.245. The van der Waals surface area contributed by atoms with Crippen molar-refractivity contribution < 1.29 is 9.26 Å². The summed E-state index contributed by atoms with van der Waals surface area (Å²) in [6.45, 7) is 7.55. The van der Waals surface area contributed by atoms with Gasteiger partial charge in [-0.2, -0.15) is 4.74 Å². The second kappa shape index (κ2) is 10.5. The third kappa shape index (κ3) is 5.31. The third-order valence-electron chi connectivity index (χ3n) is 5.35. The Morgan fingerprint density at radius 3 is 2.74 bits per heavy atom. The number of hydrogen-bond donors (Lipinski definition) is 0. The average Bonchev–Trinajstić information content (AvgIpc) is 3.13. The minimum Gasteiger partial charge on any atom is -0.486 e. The number of benzene rings is 1. The molecule has 0 atom stereocenters. The number of fused-ring (bicyclic) bond motifs is 1. The maximum absolute atomic E-state index is 12.1. The summed E-state index contributed by atoms with van der Waals surface area (Å²) in [5.41, 5.74) is 4.04.